The van der Waals surface area contributed by atoms with Gasteiger partial charge < -0.3 is 15.2 Å². The molecule has 0 aliphatic carbocycles. The van der Waals surface area contributed by atoms with Crippen LogP contribution < -0.4 is 15.2 Å². The Kier molecular flexibility index (Phi) is 3.85. The molecule has 0 aromatic heterocycles. The Morgan fingerprint density at radius 2 is 1.84 bits per heavy atom. The van der Waals surface area contributed by atoms with Gasteiger partial charge in [-0.1, -0.05) is 0 Å². The number of halogens is 2. The summed E-state index contributed by atoms with van der Waals surface area (Å²) in [5.41, 5.74) is 6.18. The van der Waals surface area contributed by atoms with Crippen LogP contribution in [0.4, 0.5) is 14.5 Å². The van der Waals surface area contributed by atoms with Gasteiger partial charge in [0.2, 0.25) is 0 Å². The Balaban J connectivity index is 2.25. The second kappa shape index (κ2) is 5.56. The van der Waals surface area contributed by atoms with Gasteiger partial charge in [-0.15, -0.1) is 0 Å². The first-order valence-electron chi connectivity index (χ1n) is 5.75. The van der Waals surface area contributed by atoms with Gasteiger partial charge in [-0.05, 0) is 31.2 Å². The summed E-state index contributed by atoms with van der Waals surface area (Å²) >= 11 is 0. The number of hydrogen-bond donors (Lipinski definition) is 1. The van der Waals surface area contributed by atoms with Gasteiger partial charge in [-0.3, -0.25) is 0 Å². The van der Waals surface area contributed by atoms with E-state index in [1.54, 1.807) is 18.2 Å². The minimum Gasteiger partial charge on any atom is -0.492 e. The van der Waals surface area contributed by atoms with Crippen molar-refractivity contribution in [2.24, 2.45) is 0 Å². The molecule has 0 bridgehead atoms. The van der Waals surface area contributed by atoms with E-state index >= 15 is 0 Å². The molecule has 5 heteroatoms. The van der Waals surface area contributed by atoms with Crippen LogP contribution in [0.5, 0.6) is 17.2 Å². The molecule has 0 radical (unpaired) electrons. The van der Waals surface area contributed by atoms with E-state index in [9.17, 15) is 8.78 Å². The molecule has 2 aromatic carbocycles. The molecule has 0 heterocycles. The van der Waals surface area contributed by atoms with Crippen LogP contribution in [0, 0.1) is 11.6 Å². The van der Waals surface area contributed by atoms with Gasteiger partial charge in [-0.2, -0.15) is 0 Å². The third kappa shape index (κ3) is 3.13. The van der Waals surface area contributed by atoms with E-state index in [0.29, 0.717) is 23.8 Å². The van der Waals surface area contributed by atoms with Gasteiger partial charge in [0, 0.05) is 12.1 Å². The molecule has 0 saturated carbocycles. The fourth-order valence-corrected chi connectivity index (χ4v) is 1.54. The number of ether oxygens (including phenoxy) is 2. The fraction of sp³-hybridized carbons (Fsp3) is 0.143. The second-order valence-corrected chi connectivity index (χ2v) is 3.81. The third-order valence-corrected chi connectivity index (χ3v) is 2.41. The first-order valence-corrected chi connectivity index (χ1v) is 5.75. The minimum atomic E-state index is -0.769. The molecule has 0 aliphatic rings. The molecule has 0 aliphatic heterocycles. The van der Waals surface area contributed by atoms with Gasteiger partial charge >= 0.3 is 0 Å². The summed E-state index contributed by atoms with van der Waals surface area (Å²) in [5, 5.41) is 0. The van der Waals surface area contributed by atoms with Crippen LogP contribution >= 0.6 is 0 Å². The highest BCUT2D eigenvalue weighted by atomic mass is 19.1. The Labute approximate surface area is 109 Å². The minimum absolute atomic E-state index is 0.0615. The maximum Gasteiger partial charge on any atom is 0.168 e. The first kappa shape index (κ1) is 13.1. The summed E-state index contributed by atoms with van der Waals surface area (Å²) < 4.78 is 36.8. The van der Waals surface area contributed by atoms with E-state index in [-0.39, 0.29) is 5.75 Å². The number of nitrogen functional groups attached to an aromatic ring is 1. The Hall–Kier alpha value is -2.30. The van der Waals surface area contributed by atoms with E-state index in [1.165, 1.54) is 6.07 Å². The highest BCUT2D eigenvalue weighted by Gasteiger charge is 2.08. The maximum absolute atomic E-state index is 13.4. The zero-order valence-corrected chi connectivity index (χ0v) is 10.3. The standard InChI is InChI=1S/C14H13F2NO2/c1-2-18-14-8-10(4-5-12(14)17)19-13-6-3-9(15)7-11(13)16/h3-8H,2,17H2,1H3. The summed E-state index contributed by atoms with van der Waals surface area (Å²) in [6.45, 7) is 2.28. The number of anilines is 1. The third-order valence-electron chi connectivity index (χ3n) is 2.41. The van der Waals surface area contributed by atoms with Crippen molar-refractivity contribution in [2.45, 2.75) is 6.92 Å². The SMILES string of the molecule is CCOc1cc(Oc2ccc(F)cc2F)ccc1N. The molecular formula is C14H13F2NO2. The maximum atomic E-state index is 13.4. The molecule has 0 amide bonds. The van der Waals surface area contributed by atoms with Crippen LogP contribution in [0.15, 0.2) is 36.4 Å². The summed E-state index contributed by atoms with van der Waals surface area (Å²) in [5.74, 6) is -0.661. The van der Waals surface area contributed by atoms with Crippen LogP contribution in [0.2, 0.25) is 0 Å². The Morgan fingerprint density at radius 3 is 2.53 bits per heavy atom. The van der Waals surface area contributed by atoms with Crippen LogP contribution in [0.1, 0.15) is 6.92 Å². The number of rotatable bonds is 4. The quantitative estimate of drug-likeness (QED) is 0.856. The monoisotopic (exact) mass is 265 g/mol. The van der Waals surface area contributed by atoms with Crippen molar-refractivity contribution in [3.05, 3.63) is 48.0 Å². The molecule has 0 spiro atoms. The normalized spacial score (nSPS) is 10.3. The largest absolute Gasteiger partial charge is 0.492 e. The topological polar surface area (TPSA) is 44.5 Å². The summed E-state index contributed by atoms with van der Waals surface area (Å²) in [4.78, 5) is 0. The van der Waals surface area contributed by atoms with Crippen molar-refractivity contribution in [1.82, 2.24) is 0 Å². The first-order chi connectivity index (χ1) is 9.10. The summed E-state index contributed by atoms with van der Waals surface area (Å²) in [7, 11) is 0. The van der Waals surface area contributed by atoms with E-state index in [2.05, 4.69) is 0 Å². The van der Waals surface area contributed by atoms with Crippen LogP contribution in [-0.2, 0) is 0 Å². The number of benzene rings is 2. The molecule has 0 unspecified atom stereocenters. The lowest BCUT2D eigenvalue weighted by atomic mass is 10.2. The van der Waals surface area contributed by atoms with E-state index in [0.717, 1.165) is 12.1 Å². The van der Waals surface area contributed by atoms with Crippen molar-refractivity contribution in [3.8, 4) is 17.2 Å². The van der Waals surface area contributed by atoms with E-state index in [4.69, 9.17) is 15.2 Å². The van der Waals surface area contributed by atoms with Gasteiger partial charge in [0.25, 0.3) is 0 Å². The molecule has 2 aromatic rings. The lowest BCUT2D eigenvalue weighted by Gasteiger charge is -2.10. The number of nitrogens with two attached hydrogens (primary N) is 1. The Morgan fingerprint density at radius 1 is 1.05 bits per heavy atom. The lowest BCUT2D eigenvalue weighted by Crippen LogP contribution is -1.97. The molecule has 2 N–H and O–H groups in total. The predicted octanol–water partition coefficient (Wildman–Crippen LogP) is 3.74. The molecular weight excluding hydrogens is 252 g/mol. The van der Waals surface area contributed by atoms with Crippen molar-refractivity contribution < 1.29 is 18.3 Å². The molecule has 0 atom stereocenters. The molecule has 0 fully saturated rings. The molecule has 0 saturated heterocycles. The second-order valence-electron chi connectivity index (χ2n) is 3.81. The predicted molar refractivity (Wildman–Crippen MR) is 68.5 cm³/mol. The highest BCUT2D eigenvalue weighted by Crippen LogP contribution is 2.31. The molecule has 100 valence electrons. The van der Waals surface area contributed by atoms with Gasteiger partial charge in [-0.25, -0.2) is 8.78 Å². The van der Waals surface area contributed by atoms with Crippen LogP contribution in [-0.4, -0.2) is 6.61 Å². The van der Waals surface area contributed by atoms with Gasteiger partial charge in [0.1, 0.15) is 17.3 Å². The van der Waals surface area contributed by atoms with Crippen molar-refractivity contribution in [3.63, 3.8) is 0 Å². The summed E-state index contributed by atoms with van der Waals surface area (Å²) in [6, 6.07) is 7.85. The van der Waals surface area contributed by atoms with E-state index < -0.39 is 11.6 Å². The molecule has 2 rings (SSSR count). The average molecular weight is 265 g/mol. The molecule has 19 heavy (non-hydrogen) atoms. The van der Waals surface area contributed by atoms with Crippen molar-refractivity contribution >= 4 is 5.69 Å². The average Bonchev–Trinajstić information content (AvgIpc) is 2.37. The smallest absolute Gasteiger partial charge is 0.168 e. The van der Waals surface area contributed by atoms with E-state index in [1.807, 2.05) is 6.92 Å². The lowest BCUT2D eigenvalue weighted by molar-refractivity contribution is 0.339. The summed E-state index contributed by atoms with van der Waals surface area (Å²) in [6.07, 6.45) is 0. The van der Waals surface area contributed by atoms with Crippen LogP contribution in [0.3, 0.4) is 0 Å². The van der Waals surface area contributed by atoms with Gasteiger partial charge in [0.05, 0.1) is 12.3 Å². The highest BCUT2D eigenvalue weighted by molar-refractivity contribution is 5.56. The van der Waals surface area contributed by atoms with Crippen LogP contribution in [0.25, 0.3) is 0 Å². The zero-order valence-electron chi connectivity index (χ0n) is 10.3. The Bertz CT molecular complexity index is 588. The fourth-order valence-electron chi connectivity index (χ4n) is 1.54. The van der Waals surface area contributed by atoms with Crippen molar-refractivity contribution in [1.29, 1.82) is 0 Å². The molecule has 3 nitrogen and oxygen atoms in total. The number of hydrogen-bond acceptors (Lipinski definition) is 3. The van der Waals surface area contributed by atoms with Crippen molar-refractivity contribution in [2.75, 3.05) is 12.3 Å². The van der Waals surface area contributed by atoms with Gasteiger partial charge in [0.15, 0.2) is 11.6 Å². The zero-order chi connectivity index (χ0) is 13.8.